The van der Waals surface area contributed by atoms with E-state index in [1.807, 2.05) is 22.8 Å². The van der Waals surface area contributed by atoms with Crippen molar-refractivity contribution in [3.63, 3.8) is 0 Å². The van der Waals surface area contributed by atoms with E-state index in [0.717, 1.165) is 21.9 Å². The van der Waals surface area contributed by atoms with Gasteiger partial charge in [0.25, 0.3) is 0 Å². The number of nitrogens with zero attached hydrogens (tertiary/aromatic N) is 3. The lowest BCUT2D eigenvalue weighted by molar-refractivity contribution is 0.594. The monoisotopic (exact) mass is 397 g/mol. The fourth-order valence-electron chi connectivity index (χ4n) is 2.97. The van der Waals surface area contributed by atoms with Gasteiger partial charge in [0.1, 0.15) is 5.82 Å². The molecule has 0 spiro atoms. The Morgan fingerprint density at radius 1 is 1.11 bits per heavy atom. The standard InChI is InChI=1S/C21H17ClFN3S/c1-14-5-2-3-6-15(14)13-27-21-25-19-9-10-24-11-20(19)26(21)12-16-17(22)7-4-8-18(16)23/h2-11H,12-13H2,1H3. The maximum absolute atomic E-state index is 14.3. The zero-order valence-corrected chi connectivity index (χ0v) is 16.3. The lowest BCUT2D eigenvalue weighted by Crippen LogP contribution is -2.05. The summed E-state index contributed by atoms with van der Waals surface area (Å²) < 4.78 is 16.3. The summed E-state index contributed by atoms with van der Waals surface area (Å²) in [6, 6.07) is 14.9. The van der Waals surface area contributed by atoms with E-state index in [0.29, 0.717) is 17.1 Å². The quantitative estimate of drug-likeness (QED) is 0.394. The van der Waals surface area contributed by atoms with E-state index in [9.17, 15) is 4.39 Å². The number of fused-ring (bicyclic) bond motifs is 1. The van der Waals surface area contributed by atoms with Crippen LogP contribution >= 0.6 is 23.4 Å². The van der Waals surface area contributed by atoms with Crippen LogP contribution in [0, 0.1) is 12.7 Å². The van der Waals surface area contributed by atoms with Gasteiger partial charge in [-0.15, -0.1) is 0 Å². The third kappa shape index (κ3) is 3.70. The fraction of sp³-hybridized carbons (Fsp3) is 0.143. The maximum atomic E-state index is 14.3. The lowest BCUT2D eigenvalue weighted by Gasteiger charge is -2.11. The minimum Gasteiger partial charge on any atom is -0.313 e. The van der Waals surface area contributed by atoms with Gasteiger partial charge in [0, 0.05) is 22.5 Å². The first-order valence-corrected chi connectivity index (χ1v) is 9.90. The van der Waals surface area contributed by atoms with Crippen molar-refractivity contribution in [2.24, 2.45) is 0 Å². The molecule has 0 saturated heterocycles. The van der Waals surface area contributed by atoms with Crippen molar-refractivity contribution in [2.45, 2.75) is 24.4 Å². The van der Waals surface area contributed by atoms with Gasteiger partial charge >= 0.3 is 0 Å². The summed E-state index contributed by atoms with van der Waals surface area (Å²) in [7, 11) is 0. The van der Waals surface area contributed by atoms with Gasteiger partial charge in [0.15, 0.2) is 5.16 Å². The van der Waals surface area contributed by atoms with Gasteiger partial charge in [-0.2, -0.15) is 0 Å². The first kappa shape index (κ1) is 18.0. The van der Waals surface area contributed by atoms with Gasteiger partial charge in [-0.1, -0.05) is 53.7 Å². The molecular formula is C21H17ClFN3S. The average molecular weight is 398 g/mol. The van der Waals surface area contributed by atoms with Crippen molar-refractivity contribution in [1.82, 2.24) is 14.5 Å². The van der Waals surface area contributed by atoms with Gasteiger partial charge in [-0.25, -0.2) is 9.37 Å². The van der Waals surface area contributed by atoms with Crippen molar-refractivity contribution in [3.05, 3.63) is 88.5 Å². The molecule has 2 heterocycles. The molecule has 0 N–H and O–H groups in total. The Hall–Kier alpha value is -2.37. The van der Waals surface area contributed by atoms with Crippen LogP contribution in [0.2, 0.25) is 5.02 Å². The van der Waals surface area contributed by atoms with E-state index in [2.05, 4.69) is 24.0 Å². The number of aromatic nitrogens is 3. The molecule has 0 radical (unpaired) electrons. The molecule has 6 heteroatoms. The van der Waals surface area contributed by atoms with Crippen LogP contribution in [-0.4, -0.2) is 14.5 Å². The van der Waals surface area contributed by atoms with Crippen LogP contribution in [0.1, 0.15) is 16.7 Å². The smallest absolute Gasteiger partial charge is 0.169 e. The van der Waals surface area contributed by atoms with Crippen LogP contribution in [-0.2, 0) is 12.3 Å². The van der Waals surface area contributed by atoms with Crippen LogP contribution in [0.3, 0.4) is 0 Å². The second kappa shape index (κ2) is 7.71. The zero-order valence-electron chi connectivity index (χ0n) is 14.7. The summed E-state index contributed by atoms with van der Waals surface area (Å²) in [5, 5.41) is 1.23. The predicted molar refractivity (Wildman–Crippen MR) is 109 cm³/mol. The highest BCUT2D eigenvalue weighted by Gasteiger charge is 2.16. The van der Waals surface area contributed by atoms with Crippen LogP contribution in [0.4, 0.5) is 4.39 Å². The van der Waals surface area contributed by atoms with E-state index in [1.165, 1.54) is 17.2 Å². The molecule has 3 nitrogen and oxygen atoms in total. The highest BCUT2D eigenvalue weighted by atomic mass is 35.5. The van der Waals surface area contributed by atoms with Crippen LogP contribution in [0.15, 0.2) is 66.1 Å². The average Bonchev–Trinajstić information content (AvgIpc) is 3.02. The molecule has 136 valence electrons. The Morgan fingerprint density at radius 3 is 2.78 bits per heavy atom. The molecule has 0 amide bonds. The van der Waals surface area contributed by atoms with E-state index >= 15 is 0 Å². The minimum atomic E-state index is -0.317. The summed E-state index contributed by atoms with van der Waals surface area (Å²) in [6.45, 7) is 2.41. The number of aryl methyl sites for hydroxylation is 1. The summed E-state index contributed by atoms with van der Waals surface area (Å²) >= 11 is 7.88. The molecule has 0 saturated carbocycles. The third-order valence-electron chi connectivity index (χ3n) is 4.51. The molecule has 2 aromatic heterocycles. The van der Waals surface area contributed by atoms with Crippen LogP contribution < -0.4 is 0 Å². The van der Waals surface area contributed by atoms with Gasteiger partial charge < -0.3 is 4.57 Å². The normalized spacial score (nSPS) is 11.2. The molecule has 0 atom stereocenters. The summed E-state index contributed by atoms with van der Waals surface area (Å²) in [5.41, 5.74) is 4.66. The molecule has 2 aromatic carbocycles. The Balaban J connectivity index is 1.72. The first-order valence-electron chi connectivity index (χ1n) is 8.54. The van der Waals surface area contributed by atoms with Crippen LogP contribution in [0.25, 0.3) is 11.0 Å². The number of imidazole rings is 1. The maximum Gasteiger partial charge on any atom is 0.169 e. The molecule has 0 aliphatic heterocycles. The second-order valence-corrected chi connectivity index (χ2v) is 7.61. The topological polar surface area (TPSA) is 30.7 Å². The van der Waals surface area contributed by atoms with Gasteiger partial charge in [-0.3, -0.25) is 4.98 Å². The molecule has 0 unspecified atom stereocenters. The molecule has 0 aliphatic rings. The van der Waals surface area contributed by atoms with E-state index < -0.39 is 0 Å². The Kier molecular flexibility index (Phi) is 5.14. The minimum absolute atomic E-state index is 0.309. The second-order valence-electron chi connectivity index (χ2n) is 6.26. The molecule has 4 aromatic rings. The number of benzene rings is 2. The first-order chi connectivity index (χ1) is 13.1. The molecule has 0 fully saturated rings. The number of rotatable bonds is 5. The Labute approximate surface area is 166 Å². The van der Waals surface area contributed by atoms with E-state index in [-0.39, 0.29) is 5.82 Å². The van der Waals surface area contributed by atoms with Crippen molar-refractivity contribution in [2.75, 3.05) is 0 Å². The van der Waals surface area contributed by atoms with Crippen molar-refractivity contribution < 1.29 is 4.39 Å². The summed E-state index contributed by atoms with van der Waals surface area (Å²) in [4.78, 5) is 8.94. The molecule has 27 heavy (non-hydrogen) atoms. The van der Waals surface area contributed by atoms with E-state index in [4.69, 9.17) is 16.6 Å². The Morgan fingerprint density at radius 2 is 1.96 bits per heavy atom. The number of pyridine rings is 1. The number of hydrogen-bond acceptors (Lipinski definition) is 3. The van der Waals surface area contributed by atoms with E-state index in [1.54, 1.807) is 36.3 Å². The molecule has 0 bridgehead atoms. The molecular weight excluding hydrogens is 381 g/mol. The number of hydrogen-bond donors (Lipinski definition) is 0. The van der Waals surface area contributed by atoms with Crippen LogP contribution in [0.5, 0.6) is 0 Å². The summed E-state index contributed by atoms with van der Waals surface area (Å²) in [6.07, 6.45) is 3.47. The zero-order chi connectivity index (χ0) is 18.8. The van der Waals surface area contributed by atoms with Gasteiger partial charge in [0.2, 0.25) is 0 Å². The van der Waals surface area contributed by atoms with Crippen molar-refractivity contribution in [3.8, 4) is 0 Å². The highest BCUT2D eigenvalue weighted by Crippen LogP contribution is 2.30. The highest BCUT2D eigenvalue weighted by molar-refractivity contribution is 7.98. The predicted octanol–water partition coefficient (Wildman–Crippen LogP) is 5.87. The molecule has 4 rings (SSSR count). The lowest BCUT2D eigenvalue weighted by atomic mass is 10.1. The fourth-order valence-corrected chi connectivity index (χ4v) is 4.28. The van der Waals surface area contributed by atoms with Crippen molar-refractivity contribution in [1.29, 1.82) is 0 Å². The Bertz CT molecular complexity index is 1090. The van der Waals surface area contributed by atoms with Gasteiger partial charge in [0.05, 0.1) is 23.8 Å². The summed E-state index contributed by atoms with van der Waals surface area (Å²) in [5.74, 6) is 0.470. The largest absolute Gasteiger partial charge is 0.313 e. The number of halogens is 2. The third-order valence-corrected chi connectivity index (χ3v) is 5.89. The van der Waals surface area contributed by atoms with Crippen molar-refractivity contribution >= 4 is 34.4 Å². The SMILES string of the molecule is Cc1ccccc1CSc1nc2ccncc2n1Cc1c(F)cccc1Cl. The van der Waals surface area contributed by atoms with Gasteiger partial charge in [-0.05, 0) is 36.2 Å². The number of thioether (sulfide) groups is 1. The molecule has 0 aliphatic carbocycles.